The van der Waals surface area contributed by atoms with Gasteiger partial charge in [-0.1, -0.05) is 57.5 Å². The molecule has 0 spiro atoms. The van der Waals surface area contributed by atoms with E-state index in [0.717, 1.165) is 6.54 Å². The predicted molar refractivity (Wildman–Crippen MR) is 76.7 cm³/mol. The molecule has 0 atom stereocenters. The summed E-state index contributed by atoms with van der Waals surface area (Å²) < 4.78 is 0. The van der Waals surface area contributed by atoms with Crippen LogP contribution in [0.25, 0.3) is 0 Å². The lowest BCUT2D eigenvalue weighted by atomic mass is 9.83. The molecule has 0 aliphatic rings. The standard InChI is InChI=1S/C16H25NO/c1-12(2)15(18)17(6)11-16(4,5)14-9-7-13(3)8-10-14/h7-10,12H,11H2,1-6H3. The van der Waals surface area contributed by atoms with Gasteiger partial charge in [-0.25, -0.2) is 0 Å². The van der Waals surface area contributed by atoms with Crippen molar-refractivity contribution in [2.75, 3.05) is 13.6 Å². The first-order chi connectivity index (χ1) is 8.24. The fourth-order valence-electron chi connectivity index (χ4n) is 2.21. The highest BCUT2D eigenvalue weighted by Crippen LogP contribution is 2.24. The van der Waals surface area contributed by atoms with Crippen molar-refractivity contribution >= 4 is 5.91 Å². The third-order valence-corrected chi connectivity index (χ3v) is 3.34. The van der Waals surface area contributed by atoms with E-state index in [1.165, 1.54) is 11.1 Å². The third kappa shape index (κ3) is 3.59. The van der Waals surface area contributed by atoms with Gasteiger partial charge in [-0.2, -0.15) is 0 Å². The molecule has 0 saturated heterocycles. The number of aryl methyl sites for hydroxylation is 1. The number of amides is 1. The van der Waals surface area contributed by atoms with Crippen LogP contribution in [0.1, 0.15) is 38.8 Å². The summed E-state index contributed by atoms with van der Waals surface area (Å²) in [5.74, 6) is 0.263. The minimum absolute atomic E-state index is 0.0208. The first kappa shape index (κ1) is 14.7. The molecule has 0 bridgehead atoms. The highest BCUT2D eigenvalue weighted by Gasteiger charge is 2.25. The molecule has 100 valence electrons. The Morgan fingerprint density at radius 2 is 1.72 bits per heavy atom. The van der Waals surface area contributed by atoms with E-state index in [1.54, 1.807) is 0 Å². The minimum Gasteiger partial charge on any atom is -0.345 e. The van der Waals surface area contributed by atoms with Crippen molar-refractivity contribution in [2.45, 2.75) is 40.0 Å². The molecule has 0 heterocycles. The summed E-state index contributed by atoms with van der Waals surface area (Å²) in [4.78, 5) is 13.8. The van der Waals surface area contributed by atoms with Crippen molar-refractivity contribution in [3.05, 3.63) is 35.4 Å². The number of carbonyl (C=O) groups excluding carboxylic acids is 1. The van der Waals surface area contributed by atoms with E-state index < -0.39 is 0 Å². The molecule has 0 aliphatic carbocycles. The summed E-state index contributed by atoms with van der Waals surface area (Å²) in [6, 6.07) is 8.56. The van der Waals surface area contributed by atoms with Crippen molar-refractivity contribution in [3.8, 4) is 0 Å². The van der Waals surface area contributed by atoms with Crippen molar-refractivity contribution in [2.24, 2.45) is 5.92 Å². The van der Waals surface area contributed by atoms with E-state index in [9.17, 15) is 4.79 Å². The molecule has 2 nitrogen and oxygen atoms in total. The van der Waals surface area contributed by atoms with Crippen molar-refractivity contribution in [1.82, 2.24) is 4.90 Å². The molecule has 1 amide bonds. The molecule has 18 heavy (non-hydrogen) atoms. The second kappa shape index (κ2) is 5.55. The summed E-state index contributed by atoms with van der Waals surface area (Å²) in [7, 11) is 1.89. The van der Waals surface area contributed by atoms with Gasteiger partial charge >= 0.3 is 0 Å². The maximum atomic E-state index is 11.9. The molecular formula is C16H25NO. The number of nitrogens with zero attached hydrogens (tertiary/aromatic N) is 1. The smallest absolute Gasteiger partial charge is 0.224 e. The number of rotatable bonds is 4. The number of hydrogen-bond acceptors (Lipinski definition) is 1. The lowest BCUT2D eigenvalue weighted by molar-refractivity contribution is -0.133. The average Bonchev–Trinajstić information content (AvgIpc) is 2.27. The molecule has 1 aromatic rings. The monoisotopic (exact) mass is 247 g/mol. The van der Waals surface area contributed by atoms with Gasteiger partial charge in [0, 0.05) is 24.9 Å². The van der Waals surface area contributed by atoms with Gasteiger partial charge in [0.1, 0.15) is 0 Å². The lowest BCUT2D eigenvalue weighted by Crippen LogP contribution is -2.40. The number of hydrogen-bond donors (Lipinski definition) is 0. The first-order valence-corrected chi connectivity index (χ1v) is 6.56. The third-order valence-electron chi connectivity index (χ3n) is 3.34. The Balaban J connectivity index is 2.81. The van der Waals surface area contributed by atoms with E-state index in [4.69, 9.17) is 0 Å². The summed E-state index contributed by atoms with van der Waals surface area (Å²) in [6.45, 7) is 11.1. The Kier molecular flexibility index (Phi) is 4.55. The van der Waals surface area contributed by atoms with Crippen LogP contribution in [0, 0.1) is 12.8 Å². The number of likely N-dealkylation sites (N-methyl/N-ethyl adjacent to an activating group) is 1. The van der Waals surface area contributed by atoms with E-state index >= 15 is 0 Å². The number of carbonyl (C=O) groups is 1. The molecule has 1 rings (SSSR count). The molecule has 2 heteroatoms. The predicted octanol–water partition coefficient (Wildman–Crippen LogP) is 3.39. The summed E-state index contributed by atoms with van der Waals surface area (Å²) in [5.41, 5.74) is 2.52. The normalized spacial score (nSPS) is 11.7. The summed E-state index contributed by atoms with van der Waals surface area (Å²) in [5, 5.41) is 0. The SMILES string of the molecule is Cc1ccc(C(C)(C)CN(C)C(=O)C(C)C)cc1. The molecule has 0 radical (unpaired) electrons. The van der Waals surface area contributed by atoms with Gasteiger partial charge in [0.25, 0.3) is 0 Å². The van der Waals surface area contributed by atoms with Crippen LogP contribution in [-0.2, 0) is 10.2 Å². The Hall–Kier alpha value is -1.31. The van der Waals surface area contributed by atoms with Gasteiger partial charge in [0.2, 0.25) is 5.91 Å². The van der Waals surface area contributed by atoms with Gasteiger partial charge in [-0.05, 0) is 12.5 Å². The largest absolute Gasteiger partial charge is 0.345 e. The fraction of sp³-hybridized carbons (Fsp3) is 0.562. The Morgan fingerprint density at radius 1 is 1.22 bits per heavy atom. The molecule has 1 aromatic carbocycles. The Bertz CT molecular complexity index is 404. The zero-order valence-electron chi connectivity index (χ0n) is 12.4. The van der Waals surface area contributed by atoms with Crippen LogP contribution in [0.4, 0.5) is 0 Å². The highest BCUT2D eigenvalue weighted by molar-refractivity contribution is 5.77. The van der Waals surface area contributed by atoms with Crippen LogP contribution in [-0.4, -0.2) is 24.4 Å². The molecule has 0 fully saturated rings. The fourth-order valence-corrected chi connectivity index (χ4v) is 2.21. The van der Waals surface area contributed by atoms with Crippen LogP contribution in [0.15, 0.2) is 24.3 Å². The second-order valence-electron chi connectivity index (χ2n) is 6.10. The Morgan fingerprint density at radius 3 is 2.17 bits per heavy atom. The van der Waals surface area contributed by atoms with Gasteiger partial charge < -0.3 is 4.90 Å². The highest BCUT2D eigenvalue weighted by atomic mass is 16.2. The quantitative estimate of drug-likeness (QED) is 0.798. The van der Waals surface area contributed by atoms with Crippen LogP contribution in [0.5, 0.6) is 0 Å². The average molecular weight is 247 g/mol. The topological polar surface area (TPSA) is 20.3 Å². The maximum Gasteiger partial charge on any atom is 0.224 e. The molecule has 0 unspecified atom stereocenters. The van der Waals surface area contributed by atoms with Gasteiger partial charge in [0.15, 0.2) is 0 Å². The molecule has 0 saturated carbocycles. The minimum atomic E-state index is -0.0208. The zero-order valence-corrected chi connectivity index (χ0v) is 12.4. The zero-order chi connectivity index (χ0) is 13.9. The van der Waals surface area contributed by atoms with Gasteiger partial charge in [-0.3, -0.25) is 4.79 Å². The van der Waals surface area contributed by atoms with Crippen LogP contribution in [0.2, 0.25) is 0 Å². The molecule has 0 N–H and O–H groups in total. The summed E-state index contributed by atoms with van der Waals surface area (Å²) in [6.07, 6.45) is 0. The van der Waals surface area contributed by atoms with Crippen LogP contribution >= 0.6 is 0 Å². The van der Waals surface area contributed by atoms with E-state index in [0.29, 0.717) is 0 Å². The van der Waals surface area contributed by atoms with E-state index in [2.05, 4.69) is 45.0 Å². The van der Waals surface area contributed by atoms with Gasteiger partial charge in [-0.15, -0.1) is 0 Å². The van der Waals surface area contributed by atoms with E-state index in [-0.39, 0.29) is 17.2 Å². The van der Waals surface area contributed by atoms with Crippen molar-refractivity contribution in [1.29, 1.82) is 0 Å². The van der Waals surface area contributed by atoms with Crippen molar-refractivity contribution in [3.63, 3.8) is 0 Å². The molecule has 0 aromatic heterocycles. The maximum absolute atomic E-state index is 11.9. The van der Waals surface area contributed by atoms with Gasteiger partial charge in [0.05, 0.1) is 0 Å². The molecule has 0 aliphatic heterocycles. The van der Waals surface area contributed by atoms with Crippen LogP contribution in [0.3, 0.4) is 0 Å². The molecular weight excluding hydrogens is 222 g/mol. The lowest BCUT2D eigenvalue weighted by Gasteiger charge is -2.32. The van der Waals surface area contributed by atoms with E-state index in [1.807, 2.05) is 25.8 Å². The number of benzene rings is 1. The van der Waals surface area contributed by atoms with Crippen molar-refractivity contribution < 1.29 is 4.79 Å². The summed E-state index contributed by atoms with van der Waals surface area (Å²) >= 11 is 0. The first-order valence-electron chi connectivity index (χ1n) is 6.56. The second-order valence-corrected chi connectivity index (χ2v) is 6.10. The Labute approximate surface area is 111 Å². The van der Waals surface area contributed by atoms with Crippen LogP contribution < -0.4 is 0 Å².